The number of hydrogen-bond acceptors (Lipinski definition) is 12. The van der Waals surface area contributed by atoms with E-state index in [4.69, 9.17) is 29.2 Å². The molecule has 0 heterocycles. The predicted octanol–water partition coefficient (Wildman–Crippen LogP) is 7.12. The lowest BCUT2D eigenvalue weighted by molar-refractivity contribution is -0.142. The summed E-state index contributed by atoms with van der Waals surface area (Å²) in [5.41, 5.74) is 0. The SMILES string of the molecule is CCCCCCCCC(=O)O.CCCCCCCCCCC(=O)N[C@@H](CCC(=O)CCCOCC)C(=O)O.CCOCC(=O)NCCOCCOCC(=O)NCCCC[C@H](CC)C(=O)CO. The van der Waals surface area contributed by atoms with E-state index in [-0.39, 0.29) is 61.3 Å². The van der Waals surface area contributed by atoms with Crippen molar-refractivity contribution in [2.24, 2.45) is 5.92 Å². The zero-order valence-corrected chi connectivity index (χ0v) is 41.7. The summed E-state index contributed by atoms with van der Waals surface area (Å²) in [7, 11) is 0. The van der Waals surface area contributed by atoms with Gasteiger partial charge in [0.15, 0.2) is 5.78 Å². The molecule has 0 aromatic heterocycles. The molecule has 0 bridgehead atoms. The van der Waals surface area contributed by atoms with E-state index in [9.17, 15) is 38.7 Å². The van der Waals surface area contributed by atoms with Gasteiger partial charge in [-0.05, 0) is 58.8 Å². The van der Waals surface area contributed by atoms with E-state index < -0.39 is 24.6 Å². The molecule has 0 fully saturated rings. The van der Waals surface area contributed by atoms with E-state index in [0.717, 1.165) is 57.8 Å². The van der Waals surface area contributed by atoms with Crippen LogP contribution in [0.25, 0.3) is 0 Å². The topological polar surface area (TPSA) is 253 Å². The van der Waals surface area contributed by atoms with Crippen LogP contribution in [0, 0.1) is 5.92 Å². The Morgan fingerprint density at radius 3 is 1.58 bits per heavy atom. The van der Waals surface area contributed by atoms with E-state index >= 15 is 0 Å². The summed E-state index contributed by atoms with van der Waals surface area (Å²) < 4.78 is 20.6. The summed E-state index contributed by atoms with van der Waals surface area (Å²) in [5.74, 6) is -2.56. The predicted molar refractivity (Wildman–Crippen MR) is 256 cm³/mol. The number of Topliss-reactive ketones (excluding diaryl/α,β-unsaturated/α-hetero) is 2. The molecule has 0 aromatic carbocycles. The van der Waals surface area contributed by atoms with Crippen LogP contribution in [0.1, 0.15) is 189 Å². The second-order valence-corrected chi connectivity index (χ2v) is 16.2. The van der Waals surface area contributed by atoms with Crippen LogP contribution in [0.15, 0.2) is 0 Å². The van der Waals surface area contributed by atoms with Gasteiger partial charge in [0.25, 0.3) is 0 Å². The number of hydrogen-bond donors (Lipinski definition) is 6. The molecule has 0 saturated heterocycles. The molecule has 0 rings (SSSR count). The lowest BCUT2D eigenvalue weighted by Crippen LogP contribution is -2.41. The third-order valence-corrected chi connectivity index (χ3v) is 10.3. The summed E-state index contributed by atoms with van der Waals surface area (Å²) in [6.45, 7) is 13.2. The van der Waals surface area contributed by atoms with Crippen LogP contribution in [-0.4, -0.2) is 135 Å². The third-order valence-electron chi connectivity index (χ3n) is 10.3. The normalized spacial score (nSPS) is 11.5. The monoisotopic (exact) mass is 948 g/mol. The minimum atomic E-state index is -1.08. The van der Waals surface area contributed by atoms with Gasteiger partial charge >= 0.3 is 11.9 Å². The molecule has 0 aromatic rings. The number of aliphatic hydroxyl groups excluding tert-OH is 1. The molecular formula is C49H93N3O14. The fourth-order valence-electron chi connectivity index (χ4n) is 6.36. The minimum absolute atomic E-state index is 0.0123. The third kappa shape index (κ3) is 51.5. The average molecular weight is 948 g/mol. The van der Waals surface area contributed by atoms with Crippen LogP contribution in [0.4, 0.5) is 0 Å². The molecule has 388 valence electrons. The van der Waals surface area contributed by atoms with E-state index in [0.29, 0.717) is 78.4 Å². The zero-order valence-electron chi connectivity index (χ0n) is 41.7. The highest BCUT2D eigenvalue weighted by Gasteiger charge is 2.21. The Hall–Kier alpha value is -3.51. The van der Waals surface area contributed by atoms with Crippen molar-refractivity contribution in [3.63, 3.8) is 0 Å². The number of ketones is 2. The van der Waals surface area contributed by atoms with Gasteiger partial charge in [-0.2, -0.15) is 0 Å². The van der Waals surface area contributed by atoms with Crippen LogP contribution in [0.3, 0.4) is 0 Å². The number of aliphatic hydroxyl groups is 1. The highest BCUT2D eigenvalue weighted by molar-refractivity contribution is 5.85. The Kier molecular flexibility index (Phi) is 53.1. The van der Waals surface area contributed by atoms with E-state index in [1.54, 1.807) is 0 Å². The molecule has 0 radical (unpaired) electrons. The van der Waals surface area contributed by atoms with Crippen molar-refractivity contribution in [1.29, 1.82) is 0 Å². The Morgan fingerprint density at radius 1 is 0.485 bits per heavy atom. The molecule has 6 N–H and O–H groups in total. The number of aliphatic carboxylic acids is 2. The Morgan fingerprint density at radius 2 is 1.03 bits per heavy atom. The summed E-state index contributed by atoms with van der Waals surface area (Å²) in [6.07, 6.45) is 21.1. The number of ether oxygens (including phenoxy) is 4. The van der Waals surface area contributed by atoms with Crippen molar-refractivity contribution in [2.75, 3.05) is 72.6 Å². The van der Waals surface area contributed by atoms with Crippen LogP contribution in [0.5, 0.6) is 0 Å². The van der Waals surface area contributed by atoms with E-state index in [1.165, 1.54) is 57.8 Å². The molecule has 0 unspecified atom stereocenters. The lowest BCUT2D eigenvalue weighted by Gasteiger charge is -2.14. The summed E-state index contributed by atoms with van der Waals surface area (Å²) in [4.78, 5) is 79.4. The number of carboxylic acids is 2. The van der Waals surface area contributed by atoms with Crippen molar-refractivity contribution >= 4 is 41.2 Å². The molecule has 2 atom stereocenters. The first-order valence-electron chi connectivity index (χ1n) is 25.1. The van der Waals surface area contributed by atoms with Gasteiger partial charge < -0.3 is 50.2 Å². The van der Waals surface area contributed by atoms with E-state index in [1.807, 2.05) is 20.8 Å². The van der Waals surface area contributed by atoms with Gasteiger partial charge in [-0.15, -0.1) is 0 Å². The summed E-state index contributed by atoms with van der Waals surface area (Å²) in [5, 5.41) is 34.4. The minimum Gasteiger partial charge on any atom is -0.481 e. The maximum Gasteiger partial charge on any atom is 0.326 e. The van der Waals surface area contributed by atoms with Crippen LogP contribution < -0.4 is 16.0 Å². The number of carboxylic acid groups (broad SMARTS) is 2. The maximum atomic E-state index is 11.9. The van der Waals surface area contributed by atoms with Crippen molar-refractivity contribution in [3.8, 4) is 0 Å². The van der Waals surface area contributed by atoms with E-state index in [2.05, 4.69) is 29.8 Å². The second kappa shape index (κ2) is 52.5. The van der Waals surface area contributed by atoms with Crippen molar-refractivity contribution in [3.05, 3.63) is 0 Å². The number of amides is 3. The van der Waals surface area contributed by atoms with Gasteiger partial charge in [0.05, 0.1) is 19.8 Å². The quantitative estimate of drug-likeness (QED) is 0.0333. The molecule has 0 saturated carbocycles. The van der Waals surface area contributed by atoms with Gasteiger partial charge in [-0.25, -0.2) is 4.79 Å². The fraction of sp³-hybridized carbons (Fsp3) is 0.857. The molecule has 0 spiro atoms. The van der Waals surface area contributed by atoms with Crippen LogP contribution in [0.2, 0.25) is 0 Å². The fourth-order valence-corrected chi connectivity index (χ4v) is 6.36. The van der Waals surface area contributed by atoms with Gasteiger partial charge in [0, 0.05) is 64.5 Å². The first kappa shape index (κ1) is 66.8. The molecule has 0 aliphatic heterocycles. The van der Waals surface area contributed by atoms with Gasteiger partial charge in [0.1, 0.15) is 31.6 Å². The average Bonchev–Trinajstić information content (AvgIpc) is 3.29. The summed E-state index contributed by atoms with van der Waals surface area (Å²) in [6, 6.07) is -0.984. The van der Waals surface area contributed by atoms with Gasteiger partial charge in [0.2, 0.25) is 17.7 Å². The van der Waals surface area contributed by atoms with Crippen LogP contribution in [-0.2, 0) is 52.5 Å². The first-order valence-corrected chi connectivity index (χ1v) is 25.1. The molecule has 17 heteroatoms. The van der Waals surface area contributed by atoms with Crippen LogP contribution >= 0.6 is 0 Å². The Bertz CT molecular complexity index is 1210. The number of carbonyl (C=O) groups is 7. The zero-order chi connectivity index (χ0) is 49.9. The standard InChI is InChI=1S/C21H39NO5.C19H36N2O7.C9H18O2/c1-3-5-6-7-8-9-10-11-14-20(24)22-19(21(25)26)16-15-18(23)13-12-17-27-4-2;1-3-16(17(23)13-22)7-5-6-8-20-19(25)15-28-12-11-27-10-9-21-18(24)14-26-4-2;1-2-3-4-5-6-7-8-9(10)11/h19H,3-17H2,1-2H3,(H,22,24)(H,25,26);16,22H,3-15H2,1-2H3,(H,20,25)(H,21,24);2-8H2,1H3,(H,10,11)/t19-;16-;/m00./s1. The smallest absolute Gasteiger partial charge is 0.326 e. The second-order valence-electron chi connectivity index (χ2n) is 16.2. The molecular weight excluding hydrogens is 855 g/mol. The lowest BCUT2D eigenvalue weighted by atomic mass is 9.95. The molecule has 66 heavy (non-hydrogen) atoms. The number of unbranched alkanes of at least 4 members (excludes halogenated alkanes) is 13. The molecule has 0 aliphatic carbocycles. The highest BCUT2D eigenvalue weighted by Crippen LogP contribution is 2.14. The Labute approximate surface area is 397 Å². The summed E-state index contributed by atoms with van der Waals surface area (Å²) >= 11 is 0. The highest BCUT2D eigenvalue weighted by atomic mass is 16.5. The van der Waals surface area contributed by atoms with Crippen molar-refractivity contribution in [2.45, 2.75) is 195 Å². The van der Waals surface area contributed by atoms with Crippen molar-refractivity contribution < 1.29 is 67.8 Å². The number of carbonyl (C=O) groups excluding carboxylic acids is 5. The Balaban J connectivity index is -0.000000982. The maximum absolute atomic E-state index is 11.9. The van der Waals surface area contributed by atoms with Gasteiger partial charge in [-0.1, -0.05) is 104 Å². The largest absolute Gasteiger partial charge is 0.481 e. The van der Waals surface area contributed by atoms with Crippen molar-refractivity contribution in [1.82, 2.24) is 16.0 Å². The molecule has 3 amide bonds. The molecule has 0 aliphatic rings. The number of rotatable bonds is 45. The first-order chi connectivity index (χ1) is 31.8. The molecule has 17 nitrogen and oxygen atoms in total. The van der Waals surface area contributed by atoms with Gasteiger partial charge in [-0.3, -0.25) is 28.8 Å². The number of nitrogens with one attached hydrogen (secondary N) is 3.